The SMILES string of the molecule is [C-]#[N+]c1cccc(-c2cc(-c3ccccc3)c(N3c4ccc(-c5ccccc5)cc4B4c5cc(-c6ccccc6)ccc5N(c5c(-c6ccccc6)cc(-c6cccc(C#N)c6)cc5-c5cc(C(C)(C)C)cc(C(C)(C)C)c5)c5cc(C(C)(C)C)cc3c54)c(-c3cc(C(C)(C)C)cc(C(C)(C)C)c3)c2)c1. The van der Waals surface area contributed by atoms with Gasteiger partial charge >= 0.3 is 0 Å². The fourth-order valence-electron chi connectivity index (χ4n) is 15.6. The van der Waals surface area contributed by atoms with Crippen LogP contribution in [0.1, 0.15) is 137 Å². The standard InChI is InChI=1S/C100H91BN4/c1-96(2,3)77-48-75(49-78(59-77)97(4,5)6)85-55-73(69-40-29-31-64(47-69)63-102)53-83(67-36-25-19-26-37-67)94(85)104-89-45-43-71(65-32-21-17-22-33-65)57-87(89)101-88-58-72(66-34-23-18-24-35-66)44-46-90(88)105(92-62-81(100(13,14)15)61-91(104)93(92)101)95-84(68-38-27-20-28-39-68)54-74(70-41-30-42-82(52-70)103-16)56-86(95)76-50-79(98(7,8)9)60-80(51-76)99(10,11)12/h17-62H,1-15H3. The molecule has 4 nitrogen and oxygen atoms in total. The molecule has 13 aromatic carbocycles. The molecule has 2 aliphatic heterocycles. The first-order valence-electron chi connectivity index (χ1n) is 37.1. The van der Waals surface area contributed by atoms with E-state index in [0.717, 1.165) is 123 Å². The molecule has 0 saturated heterocycles. The highest BCUT2D eigenvalue weighted by Gasteiger charge is 2.47. The normalized spacial score (nSPS) is 12.8. The molecule has 15 rings (SSSR count). The van der Waals surface area contributed by atoms with E-state index in [-0.39, 0.29) is 33.8 Å². The monoisotopic (exact) mass is 1360 g/mol. The number of nitrogens with zero attached hydrogens (tertiary/aromatic N) is 4. The van der Waals surface area contributed by atoms with E-state index in [1.165, 1.54) is 44.2 Å². The minimum Gasteiger partial charge on any atom is -0.310 e. The van der Waals surface area contributed by atoms with Crippen LogP contribution in [0.3, 0.4) is 0 Å². The molecule has 13 aromatic rings. The van der Waals surface area contributed by atoms with Crippen molar-refractivity contribution in [2.75, 3.05) is 9.80 Å². The summed E-state index contributed by atoms with van der Waals surface area (Å²) < 4.78 is 0. The quantitative estimate of drug-likeness (QED) is 0.101. The van der Waals surface area contributed by atoms with Gasteiger partial charge < -0.3 is 9.80 Å². The van der Waals surface area contributed by atoms with Gasteiger partial charge in [0.2, 0.25) is 0 Å². The smallest absolute Gasteiger partial charge is 0.252 e. The van der Waals surface area contributed by atoms with Crippen LogP contribution in [-0.4, -0.2) is 6.71 Å². The zero-order valence-corrected chi connectivity index (χ0v) is 63.4. The van der Waals surface area contributed by atoms with Crippen molar-refractivity contribution < 1.29 is 0 Å². The highest BCUT2D eigenvalue weighted by Crippen LogP contribution is 2.56. The lowest BCUT2D eigenvalue weighted by molar-refractivity contribution is 0.568. The van der Waals surface area contributed by atoms with Crippen LogP contribution in [0.15, 0.2) is 279 Å². The van der Waals surface area contributed by atoms with Gasteiger partial charge in [-0.05, 0) is 205 Å². The topological polar surface area (TPSA) is 34.6 Å². The fraction of sp³-hybridized carbons (Fsp3) is 0.200. The average molecular weight is 1360 g/mol. The summed E-state index contributed by atoms with van der Waals surface area (Å²) >= 11 is 0. The predicted octanol–water partition coefficient (Wildman–Crippen LogP) is 26.0. The summed E-state index contributed by atoms with van der Waals surface area (Å²) in [6.45, 7) is 43.2. The summed E-state index contributed by atoms with van der Waals surface area (Å²) in [6, 6.07) is 107. The molecule has 0 atom stereocenters. The van der Waals surface area contributed by atoms with E-state index in [0.29, 0.717) is 11.3 Å². The predicted molar refractivity (Wildman–Crippen MR) is 448 cm³/mol. The number of anilines is 6. The summed E-state index contributed by atoms with van der Waals surface area (Å²) in [4.78, 5) is 9.38. The first-order chi connectivity index (χ1) is 50.1. The van der Waals surface area contributed by atoms with Crippen LogP contribution < -0.4 is 26.2 Å². The maximum absolute atomic E-state index is 10.6. The molecule has 2 aliphatic rings. The van der Waals surface area contributed by atoms with Crippen molar-refractivity contribution in [2.45, 2.75) is 131 Å². The van der Waals surface area contributed by atoms with Gasteiger partial charge in [0.05, 0.1) is 29.6 Å². The average Bonchev–Trinajstić information content (AvgIpc) is 0.686. The summed E-state index contributed by atoms with van der Waals surface area (Å²) in [5.74, 6) is 0. The summed E-state index contributed by atoms with van der Waals surface area (Å²) in [6.07, 6.45) is 0. The van der Waals surface area contributed by atoms with Crippen molar-refractivity contribution in [3.8, 4) is 95.1 Å². The summed E-state index contributed by atoms with van der Waals surface area (Å²) in [5.41, 5.74) is 33.6. The van der Waals surface area contributed by atoms with Crippen molar-refractivity contribution in [3.05, 3.63) is 324 Å². The van der Waals surface area contributed by atoms with Gasteiger partial charge in [-0.1, -0.05) is 316 Å². The molecule has 0 amide bonds. The minimum absolute atomic E-state index is 0.201. The van der Waals surface area contributed by atoms with Crippen LogP contribution in [0.5, 0.6) is 0 Å². The molecule has 105 heavy (non-hydrogen) atoms. The third-order valence-corrected chi connectivity index (χ3v) is 21.6. The van der Waals surface area contributed by atoms with Crippen LogP contribution >= 0.6 is 0 Å². The zero-order chi connectivity index (χ0) is 73.6. The van der Waals surface area contributed by atoms with E-state index in [2.05, 4.69) is 373 Å². The van der Waals surface area contributed by atoms with E-state index in [9.17, 15) is 5.26 Å². The summed E-state index contributed by atoms with van der Waals surface area (Å²) in [5, 5.41) is 10.6. The van der Waals surface area contributed by atoms with Crippen LogP contribution in [0.2, 0.25) is 0 Å². The first kappa shape index (κ1) is 69.2. The maximum atomic E-state index is 10.6. The van der Waals surface area contributed by atoms with Gasteiger partial charge in [-0.25, -0.2) is 4.85 Å². The Morgan fingerprint density at radius 1 is 0.286 bits per heavy atom. The van der Waals surface area contributed by atoms with Crippen molar-refractivity contribution in [2.24, 2.45) is 0 Å². The number of fused-ring (bicyclic) bond motifs is 4. The Morgan fingerprint density at radius 3 is 0.971 bits per heavy atom. The second-order valence-electron chi connectivity index (χ2n) is 34.1. The lowest BCUT2D eigenvalue weighted by Gasteiger charge is -2.46. The Kier molecular flexibility index (Phi) is 17.4. The Labute approximate surface area is 623 Å². The van der Waals surface area contributed by atoms with Gasteiger partial charge in [0.1, 0.15) is 0 Å². The van der Waals surface area contributed by atoms with Gasteiger partial charge in [0.15, 0.2) is 5.69 Å². The first-order valence-corrected chi connectivity index (χ1v) is 37.1. The molecule has 0 aliphatic carbocycles. The Bertz CT molecular complexity index is 5230. The summed E-state index contributed by atoms with van der Waals surface area (Å²) in [7, 11) is 0. The highest BCUT2D eigenvalue weighted by atomic mass is 15.2. The number of rotatable bonds is 10. The molecule has 0 fully saturated rings. The van der Waals surface area contributed by atoms with Gasteiger partial charge in [-0.15, -0.1) is 0 Å². The van der Waals surface area contributed by atoms with Crippen molar-refractivity contribution in [3.63, 3.8) is 0 Å². The van der Waals surface area contributed by atoms with Gasteiger partial charge in [-0.2, -0.15) is 5.26 Å². The van der Waals surface area contributed by atoms with Gasteiger partial charge in [0.25, 0.3) is 6.71 Å². The molecule has 0 radical (unpaired) electrons. The zero-order valence-electron chi connectivity index (χ0n) is 63.4. The highest BCUT2D eigenvalue weighted by molar-refractivity contribution is 7.00. The third-order valence-electron chi connectivity index (χ3n) is 21.6. The number of nitriles is 1. The van der Waals surface area contributed by atoms with Crippen molar-refractivity contribution >= 4 is 62.9 Å². The molecule has 0 N–H and O–H groups in total. The molecular formula is C100H91BN4. The Hall–Kier alpha value is -11.5. The minimum atomic E-state index is -0.373. The van der Waals surface area contributed by atoms with E-state index in [4.69, 9.17) is 6.57 Å². The Balaban J connectivity index is 1.17. The van der Waals surface area contributed by atoms with E-state index in [1.54, 1.807) is 0 Å². The molecule has 0 aromatic heterocycles. The van der Waals surface area contributed by atoms with Crippen LogP contribution in [0, 0.1) is 17.9 Å². The molecule has 0 bridgehead atoms. The Morgan fingerprint density at radius 2 is 0.610 bits per heavy atom. The number of hydrogen-bond donors (Lipinski definition) is 0. The lowest BCUT2D eigenvalue weighted by Crippen LogP contribution is -2.61. The van der Waals surface area contributed by atoms with Crippen molar-refractivity contribution in [1.82, 2.24) is 0 Å². The van der Waals surface area contributed by atoms with E-state index >= 15 is 0 Å². The number of benzene rings is 13. The molecule has 0 unspecified atom stereocenters. The van der Waals surface area contributed by atoms with E-state index in [1.807, 2.05) is 30.3 Å². The molecular weight excluding hydrogens is 1270 g/mol. The molecule has 514 valence electrons. The largest absolute Gasteiger partial charge is 0.310 e. The third kappa shape index (κ3) is 13.1. The van der Waals surface area contributed by atoms with Crippen LogP contribution in [-0.2, 0) is 27.1 Å². The molecule has 0 saturated carbocycles. The second kappa shape index (κ2) is 26.3. The van der Waals surface area contributed by atoms with Crippen LogP contribution in [0.25, 0.3) is 93.9 Å². The van der Waals surface area contributed by atoms with E-state index < -0.39 is 0 Å². The maximum Gasteiger partial charge on any atom is 0.252 e. The molecule has 0 spiro atoms. The second-order valence-corrected chi connectivity index (χ2v) is 34.1. The van der Waals surface area contributed by atoms with Crippen LogP contribution in [0.4, 0.5) is 39.8 Å². The van der Waals surface area contributed by atoms with Crippen molar-refractivity contribution in [1.29, 1.82) is 5.26 Å². The molecule has 5 heteroatoms. The fourth-order valence-corrected chi connectivity index (χ4v) is 15.6. The van der Waals surface area contributed by atoms with Gasteiger partial charge in [-0.3, -0.25) is 0 Å². The molecule has 2 heterocycles. The number of hydrogen-bond acceptors (Lipinski definition) is 3. The lowest BCUT2D eigenvalue weighted by atomic mass is 9.33. The van der Waals surface area contributed by atoms with Gasteiger partial charge in [0, 0.05) is 45.0 Å².